The van der Waals surface area contributed by atoms with Crippen LogP contribution in [-0.2, 0) is 6.54 Å². The largest absolute Gasteiger partial charge is 0.497 e. The number of hydrogen-bond donors (Lipinski definition) is 2. The molecule has 0 atom stereocenters. The maximum Gasteiger partial charge on any atom is 0.299 e. The van der Waals surface area contributed by atoms with Gasteiger partial charge in [0, 0.05) is 47.9 Å². The lowest BCUT2D eigenvalue weighted by Crippen LogP contribution is -2.26. The van der Waals surface area contributed by atoms with Crippen molar-refractivity contribution in [1.29, 1.82) is 0 Å². The average Bonchev–Trinajstić information content (AvgIpc) is 3.28. The van der Waals surface area contributed by atoms with E-state index >= 15 is 0 Å². The fraction of sp³-hybridized carbons (Fsp3) is 0.231. The summed E-state index contributed by atoms with van der Waals surface area (Å²) in [6, 6.07) is 15.3. The monoisotopic (exact) mass is 459 g/mol. The smallest absolute Gasteiger partial charge is 0.299 e. The normalized spacial score (nSPS) is 11.1. The molecule has 0 amide bonds. The second-order valence-corrected chi connectivity index (χ2v) is 8.40. The number of benzene rings is 2. The lowest BCUT2D eigenvalue weighted by atomic mass is 10.0. The predicted octanol–water partition coefficient (Wildman–Crippen LogP) is 4.37. The highest BCUT2D eigenvalue weighted by molar-refractivity contribution is 5.75. The van der Waals surface area contributed by atoms with Crippen molar-refractivity contribution in [3.05, 3.63) is 76.8 Å². The molecule has 0 bridgehead atoms. The Morgan fingerprint density at radius 1 is 1.15 bits per heavy atom. The molecular formula is C26H29N5O3. The SMILES string of the molecule is COc1ccc(C)c(Nc2ncc(-c3cc(N)cc(-c4cccn(CCN(C)C)c4=O)c3)o2)c1. The molecule has 34 heavy (non-hydrogen) atoms. The molecule has 8 nitrogen and oxygen atoms in total. The molecule has 0 aliphatic heterocycles. The first kappa shape index (κ1) is 23.1. The van der Waals surface area contributed by atoms with E-state index in [9.17, 15) is 4.79 Å². The van der Waals surface area contributed by atoms with Gasteiger partial charge in [-0.15, -0.1) is 0 Å². The summed E-state index contributed by atoms with van der Waals surface area (Å²) in [5, 5.41) is 3.19. The van der Waals surface area contributed by atoms with Crippen molar-refractivity contribution in [2.45, 2.75) is 13.5 Å². The Labute approximate surface area is 198 Å². The van der Waals surface area contributed by atoms with Crippen molar-refractivity contribution < 1.29 is 9.15 Å². The number of aromatic nitrogens is 2. The zero-order chi connectivity index (χ0) is 24.2. The lowest BCUT2D eigenvalue weighted by molar-refractivity contribution is 0.381. The summed E-state index contributed by atoms with van der Waals surface area (Å²) in [4.78, 5) is 19.5. The third kappa shape index (κ3) is 5.13. The van der Waals surface area contributed by atoms with Gasteiger partial charge in [-0.2, -0.15) is 0 Å². The first-order chi connectivity index (χ1) is 16.3. The summed E-state index contributed by atoms with van der Waals surface area (Å²) in [5.74, 6) is 1.28. The second-order valence-electron chi connectivity index (χ2n) is 8.40. The molecule has 0 saturated carbocycles. The molecule has 0 saturated heterocycles. The molecule has 2 heterocycles. The van der Waals surface area contributed by atoms with Crippen molar-refractivity contribution in [2.75, 3.05) is 38.8 Å². The first-order valence-corrected chi connectivity index (χ1v) is 11.0. The molecule has 2 aromatic carbocycles. The van der Waals surface area contributed by atoms with Gasteiger partial charge in [0.1, 0.15) is 5.75 Å². The van der Waals surface area contributed by atoms with Gasteiger partial charge < -0.3 is 29.7 Å². The van der Waals surface area contributed by atoms with Gasteiger partial charge in [-0.25, -0.2) is 4.98 Å². The predicted molar refractivity (Wildman–Crippen MR) is 136 cm³/mol. The van der Waals surface area contributed by atoms with E-state index in [0.717, 1.165) is 34.7 Å². The minimum absolute atomic E-state index is 0.0608. The fourth-order valence-electron chi connectivity index (χ4n) is 3.63. The number of nitrogens with two attached hydrogens (primary N) is 1. The Bertz CT molecular complexity index is 1360. The van der Waals surface area contributed by atoms with Crippen LogP contribution < -0.4 is 21.3 Å². The van der Waals surface area contributed by atoms with Crippen molar-refractivity contribution in [1.82, 2.24) is 14.5 Å². The van der Waals surface area contributed by atoms with E-state index in [1.807, 2.05) is 62.3 Å². The molecule has 0 fully saturated rings. The van der Waals surface area contributed by atoms with E-state index in [2.05, 4.69) is 10.3 Å². The molecule has 8 heteroatoms. The Morgan fingerprint density at radius 2 is 1.94 bits per heavy atom. The van der Waals surface area contributed by atoms with Crippen LogP contribution in [0.5, 0.6) is 5.75 Å². The number of pyridine rings is 1. The van der Waals surface area contributed by atoms with Crippen LogP contribution >= 0.6 is 0 Å². The maximum atomic E-state index is 13.1. The summed E-state index contributed by atoms with van der Waals surface area (Å²) >= 11 is 0. The number of ether oxygens (including phenoxy) is 1. The summed E-state index contributed by atoms with van der Waals surface area (Å²) in [5.41, 5.74) is 10.6. The van der Waals surface area contributed by atoms with Crippen LogP contribution in [0.4, 0.5) is 17.4 Å². The van der Waals surface area contributed by atoms with Crippen LogP contribution in [0.3, 0.4) is 0 Å². The average molecular weight is 460 g/mol. The van der Waals surface area contributed by atoms with E-state index in [-0.39, 0.29) is 5.56 Å². The molecule has 4 rings (SSSR count). The Kier molecular flexibility index (Phi) is 6.70. The standard InChI is InChI=1S/C26H29N5O3/c1-17-7-8-21(33-4)15-23(17)29-26-28-16-24(34-26)19-12-18(13-20(27)14-19)22-6-5-9-31(25(22)32)11-10-30(2)3/h5-9,12-16H,10-11,27H2,1-4H3,(H,28,29). The van der Waals surface area contributed by atoms with Crippen molar-refractivity contribution >= 4 is 17.4 Å². The minimum atomic E-state index is -0.0608. The van der Waals surface area contributed by atoms with Gasteiger partial charge in [0.25, 0.3) is 11.6 Å². The molecule has 176 valence electrons. The molecular weight excluding hydrogens is 430 g/mol. The zero-order valence-electron chi connectivity index (χ0n) is 19.8. The van der Waals surface area contributed by atoms with Crippen LogP contribution in [0.15, 0.2) is 70.1 Å². The molecule has 0 spiro atoms. The van der Waals surface area contributed by atoms with E-state index < -0.39 is 0 Å². The topological polar surface area (TPSA) is 98.5 Å². The van der Waals surface area contributed by atoms with E-state index in [1.54, 1.807) is 36.2 Å². The summed E-state index contributed by atoms with van der Waals surface area (Å²) < 4.78 is 13.0. The van der Waals surface area contributed by atoms with Crippen LogP contribution in [0, 0.1) is 6.92 Å². The number of nitrogens with one attached hydrogen (secondary N) is 1. The number of oxazole rings is 1. The molecule has 0 radical (unpaired) electrons. The number of hydrogen-bond acceptors (Lipinski definition) is 7. The molecule has 4 aromatic rings. The number of anilines is 3. The summed E-state index contributed by atoms with van der Waals surface area (Å²) in [6.45, 7) is 3.36. The summed E-state index contributed by atoms with van der Waals surface area (Å²) in [6.07, 6.45) is 3.44. The van der Waals surface area contributed by atoms with E-state index in [4.69, 9.17) is 14.9 Å². The Hall–Kier alpha value is -4.04. The van der Waals surface area contributed by atoms with Crippen LogP contribution in [-0.4, -0.2) is 42.2 Å². The highest BCUT2D eigenvalue weighted by Gasteiger charge is 2.13. The Balaban J connectivity index is 1.64. The number of methoxy groups -OCH3 is 1. The third-order valence-corrected chi connectivity index (χ3v) is 5.55. The molecule has 3 N–H and O–H groups in total. The van der Waals surface area contributed by atoms with Crippen molar-refractivity contribution in [3.63, 3.8) is 0 Å². The van der Waals surface area contributed by atoms with E-state index in [1.165, 1.54) is 0 Å². The number of nitrogens with zero attached hydrogens (tertiary/aromatic N) is 3. The lowest BCUT2D eigenvalue weighted by Gasteiger charge is -2.13. The van der Waals surface area contributed by atoms with E-state index in [0.29, 0.717) is 29.6 Å². The van der Waals surface area contributed by atoms with Gasteiger partial charge in [0.2, 0.25) is 0 Å². The number of rotatable bonds is 8. The van der Waals surface area contributed by atoms with Gasteiger partial charge in [-0.05, 0) is 68.5 Å². The van der Waals surface area contributed by atoms with Gasteiger partial charge >= 0.3 is 0 Å². The fourth-order valence-corrected chi connectivity index (χ4v) is 3.63. The van der Waals surface area contributed by atoms with Gasteiger partial charge in [0.05, 0.1) is 13.3 Å². The van der Waals surface area contributed by atoms with Crippen molar-refractivity contribution in [2.24, 2.45) is 0 Å². The van der Waals surface area contributed by atoms with Crippen molar-refractivity contribution in [3.8, 4) is 28.2 Å². The number of nitrogen functional groups attached to an aromatic ring is 1. The summed E-state index contributed by atoms with van der Waals surface area (Å²) in [7, 11) is 5.59. The van der Waals surface area contributed by atoms with Crippen LogP contribution in [0.25, 0.3) is 22.5 Å². The maximum absolute atomic E-state index is 13.1. The molecule has 0 aliphatic rings. The van der Waals surface area contributed by atoms with Crippen LogP contribution in [0.1, 0.15) is 5.56 Å². The third-order valence-electron chi connectivity index (χ3n) is 5.55. The Morgan fingerprint density at radius 3 is 2.71 bits per heavy atom. The number of aryl methyl sites for hydroxylation is 1. The second kappa shape index (κ2) is 9.84. The highest BCUT2D eigenvalue weighted by Crippen LogP contribution is 2.31. The molecule has 0 unspecified atom stereocenters. The van der Waals surface area contributed by atoms with Gasteiger partial charge in [-0.1, -0.05) is 6.07 Å². The quantitative estimate of drug-likeness (QED) is 0.377. The molecule has 0 aliphatic carbocycles. The van der Waals surface area contributed by atoms with Crippen LogP contribution in [0.2, 0.25) is 0 Å². The molecule has 2 aromatic heterocycles. The number of likely N-dealkylation sites (N-methyl/N-ethyl adjacent to an activating group) is 1. The van der Waals surface area contributed by atoms with Gasteiger partial charge in [-0.3, -0.25) is 4.79 Å². The zero-order valence-corrected chi connectivity index (χ0v) is 19.8. The first-order valence-electron chi connectivity index (χ1n) is 11.0. The highest BCUT2D eigenvalue weighted by atomic mass is 16.5. The van der Waals surface area contributed by atoms with Gasteiger partial charge in [0.15, 0.2) is 5.76 Å². The minimum Gasteiger partial charge on any atom is -0.497 e.